The number of nitrogens with zero attached hydrogens (tertiary/aromatic N) is 4. The van der Waals surface area contributed by atoms with Gasteiger partial charge in [-0.25, -0.2) is 5.48 Å². The molecule has 2 aromatic carbocycles. The van der Waals surface area contributed by atoms with Crippen molar-refractivity contribution in [3.63, 3.8) is 0 Å². The number of hydrogen-bond donors (Lipinski definition) is 2. The van der Waals surface area contributed by atoms with E-state index in [1.807, 2.05) is 24.3 Å². The molecule has 174 valence electrons. The van der Waals surface area contributed by atoms with Crippen molar-refractivity contribution in [1.29, 1.82) is 5.26 Å². The predicted octanol–water partition coefficient (Wildman–Crippen LogP) is 3.42. The van der Waals surface area contributed by atoms with Crippen molar-refractivity contribution in [1.82, 2.24) is 20.5 Å². The normalized spacial score (nSPS) is 14.7. The molecule has 0 atom stereocenters. The molecule has 1 aliphatic heterocycles. The van der Waals surface area contributed by atoms with Crippen LogP contribution in [0.25, 0.3) is 6.08 Å². The summed E-state index contributed by atoms with van der Waals surface area (Å²) in [5.74, 6) is 1.40. The van der Waals surface area contributed by atoms with E-state index >= 15 is 0 Å². The number of likely N-dealkylation sites (tertiary alicyclic amines) is 1. The van der Waals surface area contributed by atoms with E-state index in [-0.39, 0.29) is 12.5 Å². The molecule has 1 aliphatic rings. The van der Waals surface area contributed by atoms with Crippen LogP contribution in [0.3, 0.4) is 0 Å². The van der Waals surface area contributed by atoms with E-state index in [0.29, 0.717) is 17.5 Å². The van der Waals surface area contributed by atoms with E-state index < -0.39 is 5.91 Å². The minimum absolute atomic E-state index is 0.166. The van der Waals surface area contributed by atoms with Crippen molar-refractivity contribution >= 4 is 12.0 Å². The van der Waals surface area contributed by atoms with Gasteiger partial charge in [0, 0.05) is 18.5 Å². The van der Waals surface area contributed by atoms with Gasteiger partial charge in [0.05, 0.1) is 11.6 Å². The van der Waals surface area contributed by atoms with E-state index in [1.54, 1.807) is 30.3 Å². The van der Waals surface area contributed by atoms with Crippen LogP contribution in [-0.4, -0.2) is 39.2 Å². The third-order valence-electron chi connectivity index (χ3n) is 5.75. The van der Waals surface area contributed by atoms with Crippen molar-refractivity contribution in [2.24, 2.45) is 0 Å². The molecule has 0 radical (unpaired) electrons. The first kappa shape index (κ1) is 23.2. The molecule has 0 aliphatic carbocycles. The number of rotatable bonds is 8. The average Bonchev–Trinajstić information content (AvgIpc) is 3.36. The lowest BCUT2D eigenvalue weighted by molar-refractivity contribution is -0.124. The molecule has 9 nitrogen and oxygen atoms in total. The monoisotopic (exact) mass is 459 g/mol. The summed E-state index contributed by atoms with van der Waals surface area (Å²) in [6.45, 7) is 2.75. The molecule has 0 saturated carbocycles. The highest BCUT2D eigenvalue weighted by Crippen LogP contribution is 2.27. The zero-order valence-electron chi connectivity index (χ0n) is 18.6. The molecule has 1 amide bonds. The fourth-order valence-corrected chi connectivity index (χ4v) is 3.88. The number of nitriles is 1. The Labute approximate surface area is 197 Å². The molecule has 1 aromatic heterocycles. The van der Waals surface area contributed by atoms with Crippen LogP contribution in [-0.2, 0) is 17.9 Å². The Morgan fingerprint density at radius 3 is 2.74 bits per heavy atom. The van der Waals surface area contributed by atoms with Gasteiger partial charge in [-0.15, -0.1) is 0 Å². The lowest BCUT2D eigenvalue weighted by Gasteiger charge is -2.30. The molecule has 0 unspecified atom stereocenters. The SMILES string of the molecule is N#Cc1ccccc1CN1CCC(c2noc(COc3ccc(C=CC(=O)NO)cc3)n2)CC1. The highest BCUT2D eigenvalue weighted by molar-refractivity contribution is 5.90. The Bertz CT molecular complexity index is 1170. The minimum atomic E-state index is -0.595. The summed E-state index contributed by atoms with van der Waals surface area (Å²) in [4.78, 5) is 17.9. The third-order valence-corrected chi connectivity index (χ3v) is 5.75. The number of benzene rings is 2. The summed E-state index contributed by atoms with van der Waals surface area (Å²) >= 11 is 0. The van der Waals surface area contributed by atoms with Crippen molar-refractivity contribution in [3.05, 3.63) is 83.0 Å². The number of hydrogen-bond acceptors (Lipinski definition) is 8. The molecular weight excluding hydrogens is 434 g/mol. The largest absolute Gasteiger partial charge is 0.484 e. The lowest BCUT2D eigenvalue weighted by atomic mass is 9.95. The van der Waals surface area contributed by atoms with Gasteiger partial charge >= 0.3 is 0 Å². The molecule has 1 saturated heterocycles. The van der Waals surface area contributed by atoms with Gasteiger partial charge in [0.15, 0.2) is 12.4 Å². The second kappa shape index (κ2) is 11.2. The number of hydroxylamine groups is 1. The van der Waals surface area contributed by atoms with E-state index in [0.717, 1.165) is 49.2 Å². The van der Waals surface area contributed by atoms with Crippen LogP contribution in [0, 0.1) is 11.3 Å². The molecule has 1 fully saturated rings. The van der Waals surface area contributed by atoms with Crippen LogP contribution < -0.4 is 10.2 Å². The van der Waals surface area contributed by atoms with Crippen LogP contribution in [0.15, 0.2) is 59.1 Å². The van der Waals surface area contributed by atoms with E-state index in [4.69, 9.17) is 14.5 Å². The van der Waals surface area contributed by atoms with E-state index in [2.05, 4.69) is 21.1 Å². The van der Waals surface area contributed by atoms with E-state index in [9.17, 15) is 10.1 Å². The third kappa shape index (κ3) is 6.07. The first-order valence-electron chi connectivity index (χ1n) is 11.0. The highest BCUT2D eigenvalue weighted by Gasteiger charge is 2.25. The number of carbonyl (C=O) groups is 1. The summed E-state index contributed by atoms with van der Waals surface area (Å²) in [7, 11) is 0. The highest BCUT2D eigenvalue weighted by atomic mass is 16.5. The Morgan fingerprint density at radius 2 is 2.00 bits per heavy atom. The van der Waals surface area contributed by atoms with Crippen LogP contribution in [0.1, 0.15) is 47.2 Å². The predicted molar refractivity (Wildman–Crippen MR) is 122 cm³/mol. The van der Waals surface area contributed by atoms with Crippen molar-refractivity contribution in [2.45, 2.75) is 31.9 Å². The molecule has 4 rings (SSSR count). The summed E-state index contributed by atoms with van der Waals surface area (Å²) in [6.07, 6.45) is 4.66. The molecule has 2 N–H and O–H groups in total. The van der Waals surface area contributed by atoms with Gasteiger partial charge in [-0.05, 0) is 61.3 Å². The number of piperidine rings is 1. The number of aromatic nitrogens is 2. The second-order valence-corrected chi connectivity index (χ2v) is 8.03. The molecule has 9 heteroatoms. The van der Waals surface area contributed by atoms with Crippen LogP contribution >= 0.6 is 0 Å². The van der Waals surface area contributed by atoms with Crippen LogP contribution in [0.4, 0.5) is 0 Å². The number of ether oxygens (including phenoxy) is 1. The standard InChI is InChI=1S/C25H25N5O4/c26-15-20-3-1-2-4-21(20)16-30-13-11-19(12-14-30)25-27-24(34-29-25)17-33-22-8-5-18(6-9-22)7-10-23(31)28-32/h1-10,19,32H,11-14,16-17H2,(H,28,31). The van der Waals surface area contributed by atoms with Gasteiger partial charge in [-0.3, -0.25) is 14.9 Å². The second-order valence-electron chi connectivity index (χ2n) is 8.03. The molecule has 0 spiro atoms. The van der Waals surface area contributed by atoms with Crippen molar-refractivity contribution in [2.75, 3.05) is 13.1 Å². The van der Waals surface area contributed by atoms with Crippen LogP contribution in [0.2, 0.25) is 0 Å². The Balaban J connectivity index is 1.25. The molecule has 0 bridgehead atoms. The summed E-state index contributed by atoms with van der Waals surface area (Å²) in [6, 6.07) is 17.1. The van der Waals surface area contributed by atoms with Crippen molar-refractivity contribution in [3.8, 4) is 11.8 Å². The smallest absolute Gasteiger partial charge is 0.267 e. The lowest BCUT2D eigenvalue weighted by Crippen LogP contribution is -2.33. The summed E-state index contributed by atoms with van der Waals surface area (Å²) in [5, 5.41) is 21.9. The Morgan fingerprint density at radius 1 is 1.24 bits per heavy atom. The summed E-state index contributed by atoms with van der Waals surface area (Å²) in [5.41, 5.74) is 4.12. The fraction of sp³-hybridized carbons (Fsp3) is 0.280. The van der Waals surface area contributed by atoms with Gasteiger partial charge in [-0.1, -0.05) is 35.5 Å². The Kier molecular flexibility index (Phi) is 7.65. The quantitative estimate of drug-likeness (QED) is 0.298. The number of nitrogens with one attached hydrogen (secondary N) is 1. The molecular formula is C25H25N5O4. The Hall–Kier alpha value is -4.00. The van der Waals surface area contributed by atoms with Gasteiger partial charge in [0.2, 0.25) is 0 Å². The van der Waals surface area contributed by atoms with E-state index in [1.165, 1.54) is 11.6 Å². The fourth-order valence-electron chi connectivity index (χ4n) is 3.88. The molecule has 3 aromatic rings. The zero-order chi connectivity index (χ0) is 23.8. The van der Waals surface area contributed by atoms with Gasteiger partial charge in [-0.2, -0.15) is 10.2 Å². The number of amides is 1. The first-order chi connectivity index (χ1) is 16.6. The minimum Gasteiger partial charge on any atom is -0.484 e. The maximum absolute atomic E-state index is 11.0. The van der Waals surface area contributed by atoms with Crippen LogP contribution in [0.5, 0.6) is 5.75 Å². The molecule has 34 heavy (non-hydrogen) atoms. The first-order valence-corrected chi connectivity index (χ1v) is 11.0. The van der Waals surface area contributed by atoms with Gasteiger partial charge in [0.25, 0.3) is 11.8 Å². The maximum atomic E-state index is 11.0. The van der Waals surface area contributed by atoms with Gasteiger partial charge in [0.1, 0.15) is 5.75 Å². The van der Waals surface area contributed by atoms with Gasteiger partial charge < -0.3 is 9.26 Å². The zero-order valence-corrected chi connectivity index (χ0v) is 18.6. The van der Waals surface area contributed by atoms with Crippen molar-refractivity contribution < 1.29 is 19.3 Å². The average molecular weight is 460 g/mol. The summed E-state index contributed by atoms with van der Waals surface area (Å²) < 4.78 is 11.1. The molecule has 2 heterocycles. The topological polar surface area (TPSA) is 125 Å². The number of carbonyl (C=O) groups excluding carboxylic acids is 1. The maximum Gasteiger partial charge on any atom is 0.267 e.